The summed E-state index contributed by atoms with van der Waals surface area (Å²) in [6, 6.07) is 12.7. The number of aromatic nitrogens is 1. The van der Waals surface area contributed by atoms with Crippen molar-refractivity contribution < 1.29 is 13.9 Å². The number of rotatable bonds is 6. The van der Waals surface area contributed by atoms with Gasteiger partial charge in [-0.25, -0.2) is 4.39 Å². The second-order valence-electron chi connectivity index (χ2n) is 12.8. The fraction of sp³-hybridized carbons (Fsp3) is 0.548. The first-order valence-electron chi connectivity index (χ1n) is 14.3. The molecular weight excluding hydrogens is 482 g/mol. The van der Waals surface area contributed by atoms with E-state index in [9.17, 15) is 9.50 Å². The van der Waals surface area contributed by atoms with Gasteiger partial charge in [0.15, 0.2) is 0 Å². The van der Waals surface area contributed by atoms with Crippen LogP contribution in [0, 0.1) is 11.2 Å². The smallest absolute Gasteiger partial charge is 0.130 e. The molecule has 4 fully saturated rings. The molecule has 38 heavy (non-hydrogen) atoms. The molecule has 1 unspecified atom stereocenters. The number of benzene rings is 2. The van der Waals surface area contributed by atoms with Gasteiger partial charge >= 0.3 is 0 Å². The van der Waals surface area contributed by atoms with Crippen molar-refractivity contribution in [3.8, 4) is 0 Å². The average molecular weight is 519 g/mol. The third-order valence-electron chi connectivity index (χ3n) is 10.8. The highest BCUT2D eigenvalue weighted by atomic mass is 19.1. The minimum absolute atomic E-state index is 0.0201. The molecule has 3 aromatic rings. The molecule has 2 bridgehead atoms. The van der Waals surface area contributed by atoms with Crippen molar-refractivity contribution in [3.63, 3.8) is 0 Å². The zero-order chi connectivity index (χ0) is 26.0. The van der Waals surface area contributed by atoms with E-state index in [-0.39, 0.29) is 47.5 Å². The molecule has 0 radical (unpaired) electrons. The Bertz CT molecular complexity index is 1440. The van der Waals surface area contributed by atoms with Gasteiger partial charge in [0.25, 0.3) is 0 Å². The number of hydrogen-bond donors (Lipinski definition) is 3. The summed E-state index contributed by atoms with van der Waals surface area (Å²) in [5.41, 5.74) is 6.10. The van der Waals surface area contributed by atoms with Gasteiger partial charge in [-0.2, -0.15) is 0 Å². The lowest BCUT2D eigenvalue weighted by atomic mass is 9.28. The van der Waals surface area contributed by atoms with Crippen LogP contribution in [-0.4, -0.2) is 69.9 Å². The Morgan fingerprint density at radius 1 is 1.21 bits per heavy atom. The van der Waals surface area contributed by atoms with Gasteiger partial charge in [0, 0.05) is 70.4 Å². The van der Waals surface area contributed by atoms with E-state index in [1.165, 1.54) is 10.9 Å². The van der Waals surface area contributed by atoms with Gasteiger partial charge in [-0.1, -0.05) is 18.2 Å². The summed E-state index contributed by atoms with van der Waals surface area (Å²) in [5.74, 6) is -0.0115. The van der Waals surface area contributed by atoms with Gasteiger partial charge in [0.1, 0.15) is 5.82 Å². The third-order valence-corrected chi connectivity index (χ3v) is 10.8. The maximum atomic E-state index is 16.4. The third kappa shape index (κ3) is 2.80. The van der Waals surface area contributed by atoms with Crippen LogP contribution in [0.4, 0.5) is 14.5 Å². The Labute approximate surface area is 222 Å². The average Bonchev–Trinajstić information content (AvgIpc) is 3.17. The van der Waals surface area contributed by atoms with Crippen molar-refractivity contribution in [1.82, 2.24) is 14.8 Å². The molecule has 1 aromatic heterocycles. The fourth-order valence-corrected chi connectivity index (χ4v) is 9.29. The molecule has 5 nitrogen and oxygen atoms in total. The number of nitrogens with zero attached hydrogens (tertiary/aromatic N) is 2. The van der Waals surface area contributed by atoms with Crippen molar-refractivity contribution in [2.24, 2.45) is 5.41 Å². The second-order valence-corrected chi connectivity index (χ2v) is 12.8. The van der Waals surface area contributed by atoms with Gasteiger partial charge in [0.2, 0.25) is 0 Å². The molecule has 6 aliphatic rings. The summed E-state index contributed by atoms with van der Waals surface area (Å²) in [7, 11) is 0. The molecule has 4 atom stereocenters. The minimum atomic E-state index is -0.419. The van der Waals surface area contributed by atoms with E-state index in [4.69, 9.17) is 0 Å². The summed E-state index contributed by atoms with van der Waals surface area (Å²) in [6.07, 6.45) is 3.05. The first kappa shape index (κ1) is 23.4. The highest BCUT2D eigenvalue weighted by Crippen LogP contribution is 2.82. The molecule has 1 spiro atoms. The van der Waals surface area contributed by atoms with Crippen LogP contribution in [0.3, 0.4) is 0 Å². The standard InChI is InChI=1S/C31H36F2N4O/c1-17-10-22-21-6-3-4-7-25(21)35-27(22)28-26-23(29-30(18(2)38)15-31(29,16-30)37(17)28)11-19(12-24(26)33)34-20-13-36(14-20)9-5-8-32/h3-4,6-7,11-12,17-18,20,28-29,34-35,38H,5,8-10,13-16H2,1-2H3/t17-,18+,28-,29?,30?,31?/m1/s1. The van der Waals surface area contributed by atoms with Crippen LogP contribution in [0.5, 0.6) is 0 Å². The van der Waals surface area contributed by atoms with E-state index in [0.29, 0.717) is 6.42 Å². The number of hydrogen-bond acceptors (Lipinski definition) is 4. The summed E-state index contributed by atoms with van der Waals surface area (Å²) in [4.78, 5) is 8.57. The van der Waals surface area contributed by atoms with Crippen molar-refractivity contribution in [3.05, 3.63) is 64.6 Å². The summed E-state index contributed by atoms with van der Waals surface area (Å²) in [6.45, 7) is 6.43. The maximum Gasteiger partial charge on any atom is 0.130 e. The number of aromatic amines is 1. The number of alkyl halides is 1. The Morgan fingerprint density at radius 2 is 2.00 bits per heavy atom. The second kappa shape index (κ2) is 7.80. The number of anilines is 1. The Morgan fingerprint density at radius 3 is 2.76 bits per heavy atom. The quantitative estimate of drug-likeness (QED) is 0.425. The lowest BCUT2D eigenvalue weighted by Crippen LogP contribution is -2.85. The zero-order valence-electron chi connectivity index (χ0n) is 22.1. The molecule has 3 saturated carbocycles. The number of aliphatic hydroxyl groups excluding tert-OH is 1. The molecule has 4 heterocycles. The van der Waals surface area contributed by atoms with E-state index in [0.717, 1.165) is 66.9 Å². The number of H-pyrrole nitrogens is 1. The molecule has 1 saturated heterocycles. The van der Waals surface area contributed by atoms with Gasteiger partial charge < -0.3 is 15.4 Å². The van der Waals surface area contributed by atoms with Crippen LogP contribution < -0.4 is 5.32 Å². The van der Waals surface area contributed by atoms with E-state index in [1.807, 2.05) is 6.92 Å². The van der Waals surface area contributed by atoms with Crippen molar-refractivity contribution >= 4 is 16.6 Å². The Balaban J connectivity index is 1.23. The number of fused-ring (bicyclic) bond motifs is 7. The molecule has 3 aliphatic heterocycles. The molecule has 3 aliphatic carbocycles. The normalized spacial score (nSPS) is 34.3. The van der Waals surface area contributed by atoms with Crippen LogP contribution in [-0.2, 0) is 6.42 Å². The van der Waals surface area contributed by atoms with Crippen LogP contribution in [0.25, 0.3) is 10.9 Å². The summed E-state index contributed by atoms with van der Waals surface area (Å²) >= 11 is 0. The number of nitrogens with one attached hydrogen (secondary N) is 2. The largest absolute Gasteiger partial charge is 0.393 e. The SMILES string of the molecule is C[C@@H]1Cc2c([nH]c3ccccc23)[C@H]2c3c(F)cc(NC4CN(CCCF)C4)cc3C3C4([C@H](C)O)CC3(C4)N21. The number of aliphatic hydroxyl groups is 1. The predicted molar refractivity (Wildman–Crippen MR) is 145 cm³/mol. The Kier molecular flexibility index (Phi) is 4.81. The van der Waals surface area contributed by atoms with E-state index in [1.54, 1.807) is 6.07 Å². The monoisotopic (exact) mass is 518 g/mol. The van der Waals surface area contributed by atoms with Crippen LogP contribution in [0.2, 0.25) is 0 Å². The lowest BCUT2D eigenvalue weighted by molar-refractivity contribution is -0.304. The fourth-order valence-electron chi connectivity index (χ4n) is 9.29. The predicted octanol–water partition coefficient (Wildman–Crippen LogP) is 5.11. The van der Waals surface area contributed by atoms with Gasteiger partial charge in [-0.05, 0) is 68.9 Å². The first-order chi connectivity index (χ1) is 18.4. The lowest BCUT2D eigenvalue weighted by Gasteiger charge is -2.84. The summed E-state index contributed by atoms with van der Waals surface area (Å²) < 4.78 is 28.9. The van der Waals surface area contributed by atoms with Crippen LogP contribution >= 0.6 is 0 Å². The van der Waals surface area contributed by atoms with Crippen LogP contribution in [0.15, 0.2) is 36.4 Å². The van der Waals surface area contributed by atoms with Crippen LogP contribution in [0.1, 0.15) is 67.5 Å². The van der Waals surface area contributed by atoms with E-state index in [2.05, 4.69) is 57.4 Å². The van der Waals surface area contributed by atoms with Gasteiger partial charge in [0.05, 0.1) is 24.9 Å². The first-order valence-corrected chi connectivity index (χ1v) is 14.3. The maximum absolute atomic E-state index is 16.4. The minimum Gasteiger partial charge on any atom is -0.393 e. The zero-order valence-corrected chi connectivity index (χ0v) is 22.1. The van der Waals surface area contributed by atoms with Crippen molar-refractivity contribution in [1.29, 1.82) is 0 Å². The molecule has 200 valence electrons. The molecule has 9 rings (SSSR count). The Hall–Kier alpha value is -2.48. The summed E-state index contributed by atoms with van der Waals surface area (Å²) in [5, 5.41) is 15.7. The molecule has 3 N–H and O–H groups in total. The van der Waals surface area contributed by atoms with E-state index < -0.39 is 6.10 Å². The molecule has 2 aromatic carbocycles. The highest BCUT2D eigenvalue weighted by molar-refractivity contribution is 5.85. The topological polar surface area (TPSA) is 54.5 Å². The number of para-hydroxylation sites is 1. The van der Waals surface area contributed by atoms with Gasteiger partial charge in [-0.3, -0.25) is 14.2 Å². The van der Waals surface area contributed by atoms with E-state index >= 15 is 4.39 Å². The molecule has 0 amide bonds. The number of halogens is 2. The van der Waals surface area contributed by atoms with Gasteiger partial charge in [-0.15, -0.1) is 0 Å². The van der Waals surface area contributed by atoms with Crippen molar-refractivity contribution in [2.75, 3.05) is 31.6 Å². The molecular formula is C31H36F2N4O. The highest BCUT2D eigenvalue weighted by Gasteiger charge is 2.82. The molecule has 7 heteroatoms. The van der Waals surface area contributed by atoms with Crippen molar-refractivity contribution in [2.45, 2.75) is 75.2 Å². The number of likely N-dealkylation sites (tertiary alicyclic amines) is 1.